The predicted molar refractivity (Wildman–Crippen MR) is 138 cm³/mol. The number of rotatable bonds is 7. The van der Waals surface area contributed by atoms with Crippen molar-refractivity contribution in [1.29, 1.82) is 0 Å². The number of aryl methyl sites for hydroxylation is 1. The third-order valence-corrected chi connectivity index (χ3v) is 9.27. The number of amides is 1. The van der Waals surface area contributed by atoms with E-state index in [4.69, 9.17) is 4.74 Å². The normalized spacial score (nSPS) is 21.1. The van der Waals surface area contributed by atoms with E-state index in [1.807, 2.05) is 51.1 Å². The molecule has 8 nitrogen and oxygen atoms in total. The Labute approximate surface area is 207 Å². The van der Waals surface area contributed by atoms with Crippen molar-refractivity contribution in [3.8, 4) is 5.75 Å². The van der Waals surface area contributed by atoms with Crippen LogP contribution in [0.1, 0.15) is 37.1 Å². The van der Waals surface area contributed by atoms with Crippen molar-refractivity contribution < 1.29 is 23.8 Å². The molecule has 0 spiro atoms. The third-order valence-electron chi connectivity index (χ3n) is 6.75. The molecule has 1 unspecified atom stereocenters. The summed E-state index contributed by atoms with van der Waals surface area (Å²) < 4.78 is 27.1. The minimum Gasteiger partial charge on any atom is -0.489 e. The molecular weight excluding hydrogens is 466 g/mol. The van der Waals surface area contributed by atoms with Crippen molar-refractivity contribution in [2.24, 2.45) is 0 Å². The fourth-order valence-corrected chi connectivity index (χ4v) is 6.90. The molecule has 1 aromatic heterocycles. The zero-order valence-electron chi connectivity index (χ0n) is 20.3. The molecule has 0 bridgehead atoms. The van der Waals surface area contributed by atoms with Crippen molar-refractivity contribution in [2.45, 2.75) is 44.6 Å². The summed E-state index contributed by atoms with van der Waals surface area (Å²) >= 11 is 0. The summed E-state index contributed by atoms with van der Waals surface area (Å²) in [5.41, 5.74) is 5.15. The lowest BCUT2D eigenvalue weighted by atomic mass is 9.92. The van der Waals surface area contributed by atoms with Gasteiger partial charge in [-0.2, -0.15) is 10.6 Å². The first-order valence-corrected chi connectivity index (χ1v) is 13.4. The third kappa shape index (κ3) is 5.14. The van der Waals surface area contributed by atoms with Gasteiger partial charge in [-0.25, -0.2) is 5.48 Å². The summed E-state index contributed by atoms with van der Waals surface area (Å²) in [7, 11) is -3.17. The predicted octanol–water partition coefficient (Wildman–Crippen LogP) is 4.69. The van der Waals surface area contributed by atoms with Crippen LogP contribution in [-0.2, 0) is 16.1 Å². The molecule has 0 saturated carbocycles. The molecule has 2 heterocycles. The average molecular weight is 500 g/mol. The molecule has 1 saturated heterocycles. The van der Waals surface area contributed by atoms with Crippen molar-refractivity contribution in [2.75, 3.05) is 18.8 Å². The number of hydrogen-bond acceptors (Lipinski definition) is 7. The molecule has 2 aromatic carbocycles. The van der Waals surface area contributed by atoms with Crippen LogP contribution in [0.3, 0.4) is 0 Å². The second kappa shape index (κ2) is 10.1. The van der Waals surface area contributed by atoms with E-state index in [0.717, 1.165) is 22.2 Å². The Bertz CT molecular complexity index is 1200. The van der Waals surface area contributed by atoms with Gasteiger partial charge in [-0.1, -0.05) is 30.3 Å². The molecule has 1 aliphatic heterocycles. The summed E-state index contributed by atoms with van der Waals surface area (Å²) in [6.45, 7) is 7.21. The van der Waals surface area contributed by atoms with E-state index in [0.29, 0.717) is 31.0 Å². The van der Waals surface area contributed by atoms with Crippen molar-refractivity contribution in [1.82, 2.24) is 15.4 Å². The van der Waals surface area contributed by atoms with E-state index in [1.54, 1.807) is 29.7 Å². The highest BCUT2D eigenvalue weighted by Crippen LogP contribution is 2.62. The molecule has 0 aliphatic carbocycles. The van der Waals surface area contributed by atoms with Crippen molar-refractivity contribution in [3.63, 3.8) is 0 Å². The number of carbonyl (C=O) groups excluding carboxylic acids is 1. The zero-order valence-corrected chi connectivity index (χ0v) is 21.1. The van der Waals surface area contributed by atoms with Gasteiger partial charge in [0.1, 0.15) is 17.1 Å². The molecule has 188 valence electrons. The van der Waals surface area contributed by atoms with E-state index in [1.165, 1.54) is 0 Å². The van der Waals surface area contributed by atoms with Gasteiger partial charge in [0.05, 0.1) is 17.7 Å². The van der Waals surface area contributed by atoms with Crippen molar-refractivity contribution in [3.05, 3.63) is 71.4 Å². The molecule has 1 amide bonds. The lowest BCUT2D eigenvalue weighted by Gasteiger charge is -2.57. The van der Waals surface area contributed by atoms with Crippen LogP contribution in [0.25, 0.3) is 10.9 Å². The smallest absolute Gasteiger partial charge is 0.245 e. The van der Waals surface area contributed by atoms with Crippen LogP contribution in [0.2, 0.25) is 0 Å². The van der Waals surface area contributed by atoms with E-state index < -0.39 is 21.2 Å². The summed E-state index contributed by atoms with van der Waals surface area (Å²) in [6, 6.07) is 17.3. The number of carbonyl (C=O) groups is 1. The Morgan fingerprint density at radius 3 is 2.60 bits per heavy atom. The Balaban J connectivity index is 1.61. The molecule has 1 atom stereocenters. The van der Waals surface area contributed by atoms with E-state index >= 15 is 0 Å². The van der Waals surface area contributed by atoms with Gasteiger partial charge < -0.3 is 4.74 Å². The average Bonchev–Trinajstić information content (AvgIpc) is 2.83. The number of hydrogen-bond donors (Lipinski definition) is 4. The molecule has 4 rings (SSSR count). The Hall–Kier alpha value is -2.69. The standard InChI is InChI=1S/C26H33N3O5S/c1-18(2)29-12-13-35(32,33)26(17-29,15-25(30)28-31)21-8-10-22(11-9-21)34-16-20-14-19(3)27-24-7-5-4-6-23(20)24/h4-11,14,18,31-33H,12-13,15-17H2,1-3H3,(H,28,30). The monoisotopic (exact) mass is 499 g/mol. The Morgan fingerprint density at radius 2 is 1.91 bits per heavy atom. The van der Waals surface area contributed by atoms with Crippen LogP contribution in [0.5, 0.6) is 5.75 Å². The minimum absolute atomic E-state index is 0.163. The van der Waals surface area contributed by atoms with Gasteiger partial charge in [0.2, 0.25) is 5.91 Å². The summed E-state index contributed by atoms with van der Waals surface area (Å²) in [4.78, 5) is 19.0. The number of aromatic nitrogens is 1. The fourth-order valence-electron chi connectivity index (χ4n) is 4.77. The Morgan fingerprint density at radius 1 is 1.20 bits per heavy atom. The number of fused-ring (bicyclic) bond motifs is 1. The lowest BCUT2D eigenvalue weighted by molar-refractivity contribution is -0.130. The van der Waals surface area contributed by atoms with Gasteiger partial charge in [-0.05, 0) is 50.6 Å². The largest absolute Gasteiger partial charge is 0.489 e. The molecule has 1 fully saturated rings. The molecule has 4 N–H and O–H groups in total. The number of nitrogens with zero attached hydrogens (tertiary/aromatic N) is 2. The summed E-state index contributed by atoms with van der Waals surface area (Å²) in [5, 5.41) is 10.2. The van der Waals surface area contributed by atoms with E-state index in [2.05, 4.69) is 9.88 Å². The highest BCUT2D eigenvalue weighted by Gasteiger charge is 2.50. The van der Waals surface area contributed by atoms with Gasteiger partial charge in [0.25, 0.3) is 0 Å². The summed E-state index contributed by atoms with van der Waals surface area (Å²) in [6.07, 6.45) is -0.239. The van der Waals surface area contributed by atoms with Gasteiger partial charge in [-0.3, -0.25) is 29.0 Å². The second-order valence-electron chi connectivity index (χ2n) is 9.39. The number of hydroxylamine groups is 1. The lowest BCUT2D eigenvalue weighted by Crippen LogP contribution is -2.55. The number of nitrogens with one attached hydrogen (secondary N) is 1. The van der Waals surface area contributed by atoms with Crippen LogP contribution in [0, 0.1) is 6.92 Å². The summed E-state index contributed by atoms with van der Waals surface area (Å²) in [5.74, 6) is 0.134. The highest BCUT2D eigenvalue weighted by molar-refractivity contribution is 8.25. The minimum atomic E-state index is -3.17. The van der Waals surface area contributed by atoms with Crippen LogP contribution in [-0.4, -0.2) is 55.0 Å². The van der Waals surface area contributed by atoms with Crippen LogP contribution >= 0.6 is 10.6 Å². The molecule has 9 heteroatoms. The topological polar surface area (TPSA) is 115 Å². The number of ether oxygens (including phenoxy) is 1. The maximum Gasteiger partial charge on any atom is 0.245 e. The van der Waals surface area contributed by atoms with Crippen LogP contribution in [0.15, 0.2) is 54.6 Å². The number of benzene rings is 2. The number of para-hydroxylation sites is 1. The SMILES string of the molecule is Cc1cc(COc2ccc(C3(CC(=O)NO)CN(C(C)C)CCS3(O)O)cc2)c2ccccc2n1. The highest BCUT2D eigenvalue weighted by atomic mass is 32.3. The molecule has 1 aliphatic rings. The van der Waals surface area contributed by atoms with Gasteiger partial charge in [-0.15, -0.1) is 0 Å². The van der Waals surface area contributed by atoms with E-state index in [9.17, 15) is 19.1 Å². The van der Waals surface area contributed by atoms with Gasteiger partial charge in [0.15, 0.2) is 0 Å². The van der Waals surface area contributed by atoms with Gasteiger partial charge >= 0.3 is 0 Å². The van der Waals surface area contributed by atoms with Crippen LogP contribution < -0.4 is 10.2 Å². The molecule has 35 heavy (non-hydrogen) atoms. The van der Waals surface area contributed by atoms with Gasteiger partial charge in [0, 0.05) is 35.8 Å². The zero-order chi connectivity index (χ0) is 25.2. The molecular formula is C26H33N3O5S. The number of pyridine rings is 1. The second-order valence-corrected chi connectivity index (χ2v) is 11.9. The molecule has 3 aromatic rings. The Kier molecular flexibility index (Phi) is 7.35. The quantitative estimate of drug-likeness (QED) is 0.275. The molecule has 0 radical (unpaired) electrons. The fraction of sp³-hybridized carbons (Fsp3) is 0.385. The van der Waals surface area contributed by atoms with Crippen molar-refractivity contribution >= 4 is 27.4 Å². The maximum atomic E-state index is 12.3. The first-order chi connectivity index (χ1) is 16.6. The first-order valence-electron chi connectivity index (χ1n) is 11.7. The van der Waals surface area contributed by atoms with E-state index in [-0.39, 0.29) is 18.2 Å². The first kappa shape index (κ1) is 25.4. The van der Waals surface area contributed by atoms with Crippen LogP contribution in [0.4, 0.5) is 0 Å². The maximum absolute atomic E-state index is 12.3.